The smallest absolute Gasteiger partial charge is 0.248 e. The third-order valence-corrected chi connectivity index (χ3v) is 3.16. The average Bonchev–Trinajstić information content (AvgIpc) is 2.85. The van der Waals surface area contributed by atoms with E-state index in [2.05, 4.69) is 21.4 Å². The van der Waals surface area contributed by atoms with E-state index in [-0.39, 0.29) is 5.91 Å². The van der Waals surface area contributed by atoms with Crippen molar-refractivity contribution in [2.45, 2.75) is 6.92 Å². The van der Waals surface area contributed by atoms with Crippen molar-refractivity contribution in [2.24, 2.45) is 0 Å². The van der Waals surface area contributed by atoms with Crippen molar-refractivity contribution in [2.75, 3.05) is 5.32 Å². The molecule has 21 heavy (non-hydrogen) atoms. The average molecular weight is 277 g/mol. The molecule has 0 atom stereocenters. The number of rotatable bonds is 3. The fraction of sp³-hybridized carbons (Fsp3) is 0.0588. The normalized spacial score (nSPS) is 11.1. The van der Waals surface area contributed by atoms with E-state index in [1.807, 2.05) is 37.3 Å². The second kappa shape index (κ2) is 5.63. The minimum Gasteiger partial charge on any atom is -0.359 e. The van der Waals surface area contributed by atoms with Gasteiger partial charge in [0.1, 0.15) is 0 Å². The number of nitrogens with one attached hydrogen (secondary N) is 2. The summed E-state index contributed by atoms with van der Waals surface area (Å²) in [6, 6.07) is 11.5. The molecule has 0 saturated heterocycles. The zero-order chi connectivity index (χ0) is 14.7. The van der Waals surface area contributed by atoms with Gasteiger partial charge in [0, 0.05) is 40.8 Å². The predicted octanol–water partition coefficient (Wildman–Crippen LogP) is 3.52. The summed E-state index contributed by atoms with van der Waals surface area (Å²) in [5, 5.41) is 3.94. The molecular weight excluding hydrogens is 262 g/mol. The highest BCUT2D eigenvalue weighted by atomic mass is 16.1. The molecule has 4 nitrogen and oxygen atoms in total. The van der Waals surface area contributed by atoms with E-state index in [1.54, 1.807) is 18.5 Å². The first kappa shape index (κ1) is 13.1. The third-order valence-electron chi connectivity index (χ3n) is 3.16. The number of amides is 1. The fourth-order valence-electron chi connectivity index (χ4n) is 2.19. The van der Waals surface area contributed by atoms with Crippen LogP contribution in [0.4, 0.5) is 5.69 Å². The number of anilines is 1. The van der Waals surface area contributed by atoms with E-state index in [4.69, 9.17) is 0 Å². The number of fused-ring (bicyclic) bond motifs is 1. The van der Waals surface area contributed by atoms with Crippen molar-refractivity contribution in [3.8, 4) is 0 Å². The van der Waals surface area contributed by atoms with E-state index in [9.17, 15) is 4.79 Å². The number of carbonyl (C=O) groups excluding carboxylic acids is 1. The third kappa shape index (κ3) is 3.17. The molecule has 0 aliphatic heterocycles. The standard InChI is InChI=1S/C17H15N3O/c1-12-10-14-11-15(3-4-16(14)19-12)20-17(21)5-2-13-6-8-18-9-7-13/h2-11,19H,1H3,(H,20,21)/b5-2+. The molecule has 2 N–H and O–H groups in total. The van der Waals surface area contributed by atoms with Gasteiger partial charge in [-0.05, 0) is 55.0 Å². The Balaban J connectivity index is 1.72. The lowest BCUT2D eigenvalue weighted by atomic mass is 10.2. The minimum atomic E-state index is -0.154. The van der Waals surface area contributed by atoms with Gasteiger partial charge in [-0.1, -0.05) is 0 Å². The van der Waals surface area contributed by atoms with Gasteiger partial charge >= 0.3 is 0 Å². The molecule has 0 aliphatic rings. The molecule has 0 aliphatic carbocycles. The van der Waals surface area contributed by atoms with Crippen LogP contribution in [0, 0.1) is 6.92 Å². The van der Waals surface area contributed by atoms with Crippen molar-refractivity contribution in [1.29, 1.82) is 0 Å². The van der Waals surface area contributed by atoms with Crippen molar-refractivity contribution in [3.63, 3.8) is 0 Å². The first-order valence-corrected chi connectivity index (χ1v) is 6.69. The molecule has 0 saturated carbocycles. The van der Waals surface area contributed by atoms with Crippen LogP contribution < -0.4 is 5.32 Å². The van der Waals surface area contributed by atoms with Gasteiger partial charge in [-0.15, -0.1) is 0 Å². The Labute approximate surface area is 122 Å². The number of pyridine rings is 1. The zero-order valence-corrected chi connectivity index (χ0v) is 11.6. The zero-order valence-electron chi connectivity index (χ0n) is 11.6. The summed E-state index contributed by atoms with van der Waals surface area (Å²) in [4.78, 5) is 19.1. The first-order chi connectivity index (χ1) is 10.2. The molecule has 3 aromatic rings. The topological polar surface area (TPSA) is 57.8 Å². The second-order valence-electron chi connectivity index (χ2n) is 4.86. The maximum atomic E-state index is 11.9. The molecule has 1 amide bonds. The van der Waals surface area contributed by atoms with Gasteiger partial charge in [-0.2, -0.15) is 0 Å². The van der Waals surface area contributed by atoms with Gasteiger partial charge in [-0.25, -0.2) is 0 Å². The van der Waals surface area contributed by atoms with E-state index in [1.165, 1.54) is 6.08 Å². The molecule has 2 heterocycles. The Morgan fingerprint density at radius 3 is 2.81 bits per heavy atom. The SMILES string of the molecule is Cc1cc2cc(NC(=O)/C=C/c3ccncc3)ccc2[nH]1. The highest BCUT2D eigenvalue weighted by Gasteiger charge is 2.01. The van der Waals surface area contributed by atoms with Gasteiger partial charge in [0.25, 0.3) is 0 Å². The maximum Gasteiger partial charge on any atom is 0.248 e. The molecule has 0 unspecified atom stereocenters. The Morgan fingerprint density at radius 2 is 2.00 bits per heavy atom. The molecule has 4 heteroatoms. The number of aryl methyl sites for hydroxylation is 1. The number of hydrogen-bond donors (Lipinski definition) is 2. The molecule has 1 aromatic carbocycles. The monoisotopic (exact) mass is 277 g/mol. The fourth-order valence-corrected chi connectivity index (χ4v) is 2.19. The Bertz CT molecular complexity index is 803. The number of carbonyl (C=O) groups is 1. The van der Waals surface area contributed by atoms with Crippen LogP contribution in [0.2, 0.25) is 0 Å². The lowest BCUT2D eigenvalue weighted by Gasteiger charge is -2.02. The lowest BCUT2D eigenvalue weighted by molar-refractivity contribution is -0.111. The first-order valence-electron chi connectivity index (χ1n) is 6.69. The Morgan fingerprint density at radius 1 is 1.19 bits per heavy atom. The molecule has 0 fully saturated rings. The van der Waals surface area contributed by atoms with Crippen LogP contribution in [-0.2, 0) is 4.79 Å². The van der Waals surface area contributed by atoms with Gasteiger partial charge in [0.05, 0.1) is 0 Å². The number of aromatic amines is 1. The minimum absolute atomic E-state index is 0.154. The van der Waals surface area contributed by atoms with Crippen LogP contribution in [0.25, 0.3) is 17.0 Å². The maximum absolute atomic E-state index is 11.9. The second-order valence-corrected chi connectivity index (χ2v) is 4.86. The summed E-state index contributed by atoms with van der Waals surface area (Å²) in [6.45, 7) is 2.01. The molecule has 0 bridgehead atoms. The van der Waals surface area contributed by atoms with Crippen LogP contribution in [-0.4, -0.2) is 15.9 Å². The van der Waals surface area contributed by atoms with Gasteiger partial charge in [0.2, 0.25) is 5.91 Å². The van der Waals surface area contributed by atoms with Crippen LogP contribution in [0.15, 0.2) is 54.9 Å². The summed E-state index contributed by atoms with van der Waals surface area (Å²) in [5.74, 6) is -0.154. The molecule has 0 spiro atoms. The summed E-state index contributed by atoms with van der Waals surface area (Å²) >= 11 is 0. The van der Waals surface area contributed by atoms with Gasteiger partial charge < -0.3 is 10.3 Å². The summed E-state index contributed by atoms with van der Waals surface area (Å²) in [7, 11) is 0. The quantitative estimate of drug-likeness (QED) is 0.720. The Hall–Kier alpha value is -2.88. The van der Waals surface area contributed by atoms with E-state index in [0.717, 1.165) is 27.8 Å². The van der Waals surface area contributed by atoms with Crippen LogP contribution in [0.3, 0.4) is 0 Å². The lowest BCUT2D eigenvalue weighted by Crippen LogP contribution is -2.07. The van der Waals surface area contributed by atoms with Crippen molar-refractivity contribution in [3.05, 3.63) is 66.1 Å². The highest BCUT2D eigenvalue weighted by Crippen LogP contribution is 2.19. The van der Waals surface area contributed by atoms with Gasteiger partial charge in [-0.3, -0.25) is 9.78 Å². The van der Waals surface area contributed by atoms with E-state index < -0.39 is 0 Å². The summed E-state index contributed by atoms with van der Waals surface area (Å²) < 4.78 is 0. The van der Waals surface area contributed by atoms with Gasteiger partial charge in [0.15, 0.2) is 0 Å². The molecule has 104 valence electrons. The number of nitrogens with zero attached hydrogens (tertiary/aromatic N) is 1. The number of hydrogen-bond acceptors (Lipinski definition) is 2. The summed E-state index contributed by atoms with van der Waals surface area (Å²) in [5.41, 5.74) is 3.90. The largest absolute Gasteiger partial charge is 0.359 e. The predicted molar refractivity (Wildman–Crippen MR) is 84.9 cm³/mol. The van der Waals surface area contributed by atoms with Crippen LogP contribution >= 0.6 is 0 Å². The molecule has 0 radical (unpaired) electrons. The molecule has 2 aromatic heterocycles. The van der Waals surface area contributed by atoms with E-state index >= 15 is 0 Å². The van der Waals surface area contributed by atoms with E-state index in [0.29, 0.717) is 0 Å². The molecular formula is C17H15N3O. The number of aromatic nitrogens is 2. The number of H-pyrrole nitrogens is 1. The Kier molecular flexibility index (Phi) is 3.51. The van der Waals surface area contributed by atoms with Crippen molar-refractivity contribution in [1.82, 2.24) is 9.97 Å². The highest BCUT2D eigenvalue weighted by molar-refractivity contribution is 6.03. The number of benzene rings is 1. The van der Waals surface area contributed by atoms with Crippen LogP contribution in [0.1, 0.15) is 11.3 Å². The summed E-state index contributed by atoms with van der Waals surface area (Å²) in [6.07, 6.45) is 6.66. The van der Waals surface area contributed by atoms with Crippen molar-refractivity contribution >= 4 is 28.6 Å². The van der Waals surface area contributed by atoms with Crippen LogP contribution in [0.5, 0.6) is 0 Å². The molecule has 3 rings (SSSR count). The van der Waals surface area contributed by atoms with Crippen molar-refractivity contribution < 1.29 is 4.79 Å².